The second-order valence-electron chi connectivity index (χ2n) is 5.84. The molecule has 0 atom stereocenters. The first kappa shape index (κ1) is 14.7. The molecule has 122 valence electrons. The van der Waals surface area contributed by atoms with E-state index in [1.54, 1.807) is 48.7 Å². The minimum atomic E-state index is -4.10. The van der Waals surface area contributed by atoms with E-state index < -0.39 is 12.9 Å². The third-order valence-corrected chi connectivity index (χ3v) is 4.37. The zero-order chi connectivity index (χ0) is 16.9. The van der Waals surface area contributed by atoms with Crippen molar-refractivity contribution >= 4 is 24.7 Å². The number of aromatic amines is 1. The van der Waals surface area contributed by atoms with E-state index in [9.17, 15) is 4.79 Å². The summed E-state index contributed by atoms with van der Waals surface area (Å²) in [6, 6.07) is 6.68. The average molecular weight is 329 g/mol. The van der Waals surface area contributed by atoms with Crippen molar-refractivity contribution in [3.8, 4) is 0 Å². The van der Waals surface area contributed by atoms with Crippen LogP contribution in [0.1, 0.15) is 23.5 Å². The fraction of sp³-hybridized carbons (Fsp3) is 0.125. The van der Waals surface area contributed by atoms with Gasteiger partial charge in [0.25, 0.3) is 0 Å². The summed E-state index contributed by atoms with van der Waals surface area (Å²) in [5.41, 5.74) is 2.16. The molecule has 0 unspecified atom stereocenters. The third kappa shape index (κ3) is 2.06. The summed E-state index contributed by atoms with van der Waals surface area (Å²) in [7, 11) is 0. The van der Waals surface area contributed by atoms with Gasteiger partial charge in [-0.25, -0.2) is 0 Å². The van der Waals surface area contributed by atoms with Gasteiger partial charge in [0.2, 0.25) is 0 Å². The first-order chi connectivity index (χ1) is 11.5. The Hall–Kier alpha value is -2.90. The summed E-state index contributed by atoms with van der Waals surface area (Å²) in [5.74, 6) is -1.00. The second-order valence-corrected chi connectivity index (χ2v) is 5.84. The Morgan fingerprint density at radius 1 is 1.29 bits per heavy atom. The van der Waals surface area contributed by atoms with Gasteiger partial charge in [0.15, 0.2) is 11.4 Å². The molecule has 2 aromatic rings. The Morgan fingerprint density at radius 3 is 2.83 bits per heavy atom. The molecule has 4 rings (SSSR count). The number of H-pyrrole nitrogens is 1. The number of aryl methyl sites for hydroxylation is 1. The van der Waals surface area contributed by atoms with E-state index in [1.807, 2.05) is 0 Å². The molecule has 0 amide bonds. The lowest BCUT2D eigenvalue weighted by atomic mass is 9.90. The van der Waals surface area contributed by atoms with E-state index in [0.29, 0.717) is 28.5 Å². The van der Waals surface area contributed by atoms with Crippen LogP contribution in [0.25, 0.3) is 6.08 Å². The first-order valence-corrected chi connectivity index (χ1v) is 7.62. The number of carboxylic acids is 1. The monoisotopic (exact) mass is 329 g/mol. The molecule has 4 heterocycles. The molecule has 0 saturated heterocycles. The maximum absolute atomic E-state index is 15.3. The van der Waals surface area contributed by atoms with Crippen LogP contribution in [0.15, 0.2) is 48.3 Å². The van der Waals surface area contributed by atoms with Crippen molar-refractivity contribution in [2.24, 2.45) is 0 Å². The summed E-state index contributed by atoms with van der Waals surface area (Å²) < 4.78 is 32.6. The fourth-order valence-corrected chi connectivity index (χ4v) is 3.35. The van der Waals surface area contributed by atoms with E-state index >= 15 is 8.63 Å². The quantitative estimate of drug-likeness (QED) is 0.847. The molecule has 2 N–H and O–H groups in total. The molecule has 0 aromatic carbocycles. The van der Waals surface area contributed by atoms with Crippen molar-refractivity contribution in [1.29, 1.82) is 0 Å². The van der Waals surface area contributed by atoms with Crippen molar-refractivity contribution in [3.63, 3.8) is 0 Å². The Balaban J connectivity index is 1.86. The van der Waals surface area contributed by atoms with E-state index in [0.717, 1.165) is 8.96 Å². The third-order valence-electron chi connectivity index (χ3n) is 4.37. The van der Waals surface area contributed by atoms with Gasteiger partial charge >= 0.3 is 12.9 Å². The fourth-order valence-electron chi connectivity index (χ4n) is 3.35. The van der Waals surface area contributed by atoms with Crippen molar-refractivity contribution in [2.45, 2.75) is 12.8 Å². The highest BCUT2D eigenvalue weighted by atomic mass is 19.2. The Bertz CT molecular complexity index is 923. The van der Waals surface area contributed by atoms with Crippen LogP contribution in [0.3, 0.4) is 0 Å². The molecule has 2 aromatic heterocycles. The van der Waals surface area contributed by atoms with Crippen LogP contribution in [0.2, 0.25) is 0 Å². The molecule has 0 bridgehead atoms. The molecule has 2 aliphatic rings. The topological polar surface area (TPSA) is 61.0 Å². The molecule has 0 spiro atoms. The standard InChI is InChI=1S/C16H14BF2N3O2/c18-17(19)21-11(6-8-16(23)24)3-4-12(21)10-13-5-7-15(22(13)17)14-2-1-9-20-14/h1-5,7,9-10,20H,6,8H2,(H,23,24). The number of nitrogens with one attached hydrogen (secondary N) is 1. The van der Waals surface area contributed by atoms with Gasteiger partial charge < -0.3 is 27.7 Å². The molecule has 24 heavy (non-hydrogen) atoms. The van der Waals surface area contributed by atoms with E-state index in [4.69, 9.17) is 5.11 Å². The molecular formula is C16H14BF2N3O2. The Kier molecular flexibility index (Phi) is 3.09. The lowest BCUT2D eigenvalue weighted by molar-refractivity contribution is -0.360. The maximum atomic E-state index is 15.3. The number of fused-ring (bicyclic) bond motifs is 2. The zero-order valence-corrected chi connectivity index (χ0v) is 12.6. The number of aliphatic carboxylic acids is 1. The van der Waals surface area contributed by atoms with Crippen LogP contribution in [0.5, 0.6) is 0 Å². The number of aromatic nitrogens is 2. The first-order valence-electron chi connectivity index (χ1n) is 7.62. The summed E-state index contributed by atoms with van der Waals surface area (Å²) in [6.07, 6.45) is 6.59. The van der Waals surface area contributed by atoms with Crippen LogP contribution >= 0.6 is 0 Å². The summed E-state index contributed by atoms with van der Waals surface area (Å²) in [4.78, 5) is 13.7. The minimum absolute atomic E-state index is 0.0644. The number of nitrogens with zero attached hydrogens (tertiary/aromatic N) is 2. The van der Waals surface area contributed by atoms with Crippen LogP contribution in [0, 0.1) is 0 Å². The molecule has 2 aliphatic heterocycles. The molecule has 0 fully saturated rings. The zero-order valence-electron chi connectivity index (χ0n) is 12.6. The van der Waals surface area contributed by atoms with Gasteiger partial charge in [-0.05, 0) is 36.4 Å². The number of rotatable bonds is 4. The van der Waals surface area contributed by atoms with Gasteiger partial charge in [0.1, 0.15) is 5.69 Å². The van der Waals surface area contributed by atoms with Gasteiger partial charge in [0, 0.05) is 30.1 Å². The van der Waals surface area contributed by atoms with Crippen LogP contribution in [-0.4, -0.2) is 37.7 Å². The smallest absolute Gasteiger partial charge is 0.481 e. The minimum Gasteiger partial charge on any atom is -0.481 e. The molecule has 0 radical (unpaired) electrons. The van der Waals surface area contributed by atoms with Gasteiger partial charge in [0.05, 0.1) is 6.42 Å². The van der Waals surface area contributed by atoms with Crippen LogP contribution < -0.4 is 0 Å². The number of carbonyl (C=O) groups is 1. The normalized spacial score (nSPS) is 17.7. The van der Waals surface area contributed by atoms with Gasteiger partial charge in [-0.2, -0.15) is 0 Å². The predicted octanol–water partition coefficient (Wildman–Crippen LogP) is 2.48. The number of hydrogen-bond acceptors (Lipinski definition) is 1. The molecule has 8 heteroatoms. The van der Waals surface area contributed by atoms with Gasteiger partial charge in [-0.3, -0.25) is 4.79 Å². The van der Waals surface area contributed by atoms with E-state index in [2.05, 4.69) is 4.98 Å². The number of hydrogen-bond donors (Lipinski definition) is 2. The maximum Gasteiger partial charge on any atom is 0.737 e. The van der Waals surface area contributed by atoms with Crippen molar-refractivity contribution in [2.75, 3.05) is 0 Å². The highest BCUT2D eigenvalue weighted by Gasteiger charge is 2.52. The number of allylic oxidation sites excluding steroid dienone is 2. The largest absolute Gasteiger partial charge is 0.737 e. The van der Waals surface area contributed by atoms with Crippen molar-refractivity contribution < 1.29 is 23.0 Å². The second kappa shape index (κ2) is 5.05. The summed E-state index contributed by atoms with van der Waals surface area (Å²) in [5, 5.41) is 8.83. The lowest BCUT2D eigenvalue weighted by Crippen LogP contribution is -2.51. The van der Waals surface area contributed by atoms with Crippen LogP contribution in [0.4, 0.5) is 8.63 Å². The Labute approximate surface area is 136 Å². The van der Waals surface area contributed by atoms with E-state index in [1.165, 1.54) is 0 Å². The molecule has 0 saturated carbocycles. The SMILES string of the molecule is O=C(O)CCc1ccc2n1[B-](F)(F)[N+]1=C(c3ccc[nH]3)C=CC1=C2. The summed E-state index contributed by atoms with van der Waals surface area (Å²) in [6.45, 7) is -4.10. The van der Waals surface area contributed by atoms with Gasteiger partial charge in [-0.15, -0.1) is 0 Å². The van der Waals surface area contributed by atoms with E-state index in [-0.39, 0.29) is 12.8 Å². The highest BCUT2D eigenvalue weighted by Crippen LogP contribution is 2.33. The molecule has 5 nitrogen and oxygen atoms in total. The molecule has 0 aliphatic carbocycles. The Morgan fingerprint density at radius 2 is 2.12 bits per heavy atom. The number of halogens is 2. The predicted molar refractivity (Wildman–Crippen MR) is 86.0 cm³/mol. The summed E-state index contributed by atoms with van der Waals surface area (Å²) >= 11 is 0. The van der Waals surface area contributed by atoms with Crippen LogP contribution in [-0.2, 0) is 11.2 Å². The van der Waals surface area contributed by atoms with Gasteiger partial charge in [-0.1, -0.05) is 0 Å². The van der Waals surface area contributed by atoms with Crippen molar-refractivity contribution in [1.82, 2.24) is 9.46 Å². The average Bonchev–Trinajstić information content (AvgIpc) is 3.24. The molecular weight excluding hydrogens is 315 g/mol. The van der Waals surface area contributed by atoms with Crippen molar-refractivity contribution in [3.05, 3.63) is 65.4 Å². The highest BCUT2D eigenvalue weighted by molar-refractivity contribution is 6.58. The number of carboxylic acid groups (broad SMARTS) is 1. The lowest BCUT2D eigenvalue weighted by Gasteiger charge is -2.30.